The number of phenols is 1. The van der Waals surface area contributed by atoms with Gasteiger partial charge in [-0.2, -0.15) is 0 Å². The van der Waals surface area contributed by atoms with Gasteiger partial charge in [0.2, 0.25) is 29.5 Å². The number of benzene rings is 2. The summed E-state index contributed by atoms with van der Waals surface area (Å²) in [6.45, 7) is 4.42. The van der Waals surface area contributed by atoms with E-state index in [2.05, 4.69) is 47.0 Å². The van der Waals surface area contributed by atoms with E-state index in [1.54, 1.807) is 30.3 Å². The molecule has 2 saturated heterocycles. The molecule has 0 saturated carbocycles. The second-order valence-electron chi connectivity index (χ2n) is 21.2. The fraction of sp³-hybridized carbons (Fsp3) is 0.636. The Balaban J connectivity index is 1.52. The standard InChI is InChI=1S/C55H82N8O15S/c1-4-31(2)26-32(3)14-10-7-5-6-8-13-17-43(70)57-37-28-42(69)53(79-36-15-11-9-12-16-36)61-52(76)46-41(68)23-25-62(46)55(78)44(40(67)22-24-56)59-51(75)45(48(72)47(71)33-18-20-34(65)21-19-33)60-50(74)39-27-35(66)29-63(39)54(77)38(30-64)58-49(37)73/h9,11-12,15-16,18-21,31-32,35,37,39-42,44-48,53,64-69,71-72H,4-8,10,13-14,17,22-30,56H2,1-3H3,(H,57,70)(H,59,75)(H,60,74)(H,61,76)/b58-38+/t31-,32+,35+,37-,39-,40+,41-,42+,44-,45-,46-,47-,48-,53+/m0/s1. The molecule has 0 aromatic heterocycles. The number of aromatic hydroxyl groups is 1. The lowest BCUT2D eigenvalue weighted by Gasteiger charge is -2.34. The Hall–Kier alpha value is -5.57. The Morgan fingerprint density at radius 3 is 2.11 bits per heavy atom. The third-order valence-electron chi connectivity index (χ3n) is 14.9. The first-order valence-electron chi connectivity index (χ1n) is 27.5. The van der Waals surface area contributed by atoms with Crippen molar-refractivity contribution >= 4 is 58.8 Å². The van der Waals surface area contributed by atoms with Crippen molar-refractivity contribution in [1.29, 1.82) is 0 Å². The zero-order chi connectivity index (χ0) is 57.9. The van der Waals surface area contributed by atoms with Crippen molar-refractivity contribution in [2.75, 3.05) is 26.2 Å². The van der Waals surface area contributed by atoms with Crippen LogP contribution in [0.3, 0.4) is 0 Å². The van der Waals surface area contributed by atoms with Crippen molar-refractivity contribution in [3.05, 3.63) is 60.2 Å². The normalized spacial score (nSPS) is 27.5. The number of aliphatic imine (C=N–C) groups is 1. The molecule has 3 aliphatic rings. The molecule has 0 spiro atoms. The number of thioether (sulfide) groups is 1. The Bertz CT molecular complexity index is 2370. The van der Waals surface area contributed by atoms with E-state index in [1.165, 1.54) is 30.7 Å². The molecule has 0 aliphatic carbocycles. The third-order valence-corrected chi connectivity index (χ3v) is 16.1. The number of nitrogens with one attached hydrogen (secondary N) is 4. The van der Waals surface area contributed by atoms with Gasteiger partial charge in [-0.15, -0.1) is 0 Å². The lowest BCUT2D eigenvalue weighted by molar-refractivity contribution is -0.147. The van der Waals surface area contributed by atoms with Crippen LogP contribution in [0.2, 0.25) is 0 Å². The van der Waals surface area contributed by atoms with Crippen molar-refractivity contribution in [2.24, 2.45) is 22.6 Å². The van der Waals surface area contributed by atoms with Gasteiger partial charge in [0.15, 0.2) is 0 Å². The number of carbonyl (C=O) groups is 7. The summed E-state index contributed by atoms with van der Waals surface area (Å²) in [6.07, 6.45) is -3.82. The number of fused-ring (bicyclic) bond motifs is 2. The number of hydrogen-bond donors (Lipinski definition) is 13. The quantitative estimate of drug-likeness (QED) is 0.0692. The molecule has 2 fully saturated rings. The number of nitrogens with two attached hydrogens (primary N) is 1. The average molecular weight is 1130 g/mol. The Morgan fingerprint density at radius 1 is 0.797 bits per heavy atom. The number of aliphatic hydroxyl groups excluding tert-OH is 7. The zero-order valence-corrected chi connectivity index (χ0v) is 46.1. The predicted molar refractivity (Wildman–Crippen MR) is 291 cm³/mol. The highest BCUT2D eigenvalue weighted by atomic mass is 32.2. The Labute approximate surface area is 465 Å². The molecule has 24 heteroatoms. The molecule has 23 nitrogen and oxygen atoms in total. The molecular weight excluding hydrogens is 1040 g/mol. The van der Waals surface area contributed by atoms with E-state index < -0.39 is 145 Å². The maximum Gasteiger partial charge on any atom is 0.271 e. The first kappa shape index (κ1) is 64.3. The van der Waals surface area contributed by atoms with Crippen molar-refractivity contribution in [1.82, 2.24) is 31.1 Å². The summed E-state index contributed by atoms with van der Waals surface area (Å²) in [4.78, 5) is 107. The summed E-state index contributed by atoms with van der Waals surface area (Å²) in [6, 6.07) is 3.79. The minimum atomic E-state index is -2.28. The van der Waals surface area contributed by atoms with Crippen molar-refractivity contribution < 1.29 is 74.4 Å². The summed E-state index contributed by atoms with van der Waals surface area (Å²) in [5.74, 6) is -6.70. The van der Waals surface area contributed by atoms with E-state index in [4.69, 9.17) is 5.73 Å². The number of rotatable bonds is 22. The van der Waals surface area contributed by atoms with Gasteiger partial charge in [-0.1, -0.05) is 108 Å². The van der Waals surface area contributed by atoms with Gasteiger partial charge in [0, 0.05) is 37.2 Å². The van der Waals surface area contributed by atoms with Crippen LogP contribution in [-0.4, -0.2) is 190 Å². The van der Waals surface area contributed by atoms with E-state index in [0.29, 0.717) is 29.6 Å². The summed E-state index contributed by atoms with van der Waals surface area (Å²) in [5.41, 5.74) is 4.87. The van der Waals surface area contributed by atoms with Crippen LogP contribution in [0.25, 0.3) is 0 Å². The third kappa shape index (κ3) is 18.5. The lowest BCUT2D eigenvalue weighted by atomic mass is 9.91. The maximum absolute atomic E-state index is 14.7. The van der Waals surface area contributed by atoms with Crippen LogP contribution in [0, 0.1) is 11.8 Å². The van der Waals surface area contributed by atoms with Crippen LogP contribution in [0.5, 0.6) is 5.75 Å². The van der Waals surface area contributed by atoms with E-state index in [-0.39, 0.29) is 43.7 Å². The number of hydrogen-bond acceptors (Lipinski definition) is 17. The van der Waals surface area contributed by atoms with Crippen molar-refractivity contribution in [2.45, 2.75) is 188 Å². The van der Waals surface area contributed by atoms with Crippen LogP contribution in [-0.2, 0) is 33.6 Å². The molecule has 0 radical (unpaired) electrons. The number of nitrogens with zero attached hydrogens (tertiary/aromatic N) is 3. The van der Waals surface area contributed by atoms with Crippen molar-refractivity contribution in [3.63, 3.8) is 0 Å². The van der Waals surface area contributed by atoms with Gasteiger partial charge in [-0.05, 0) is 73.9 Å². The summed E-state index contributed by atoms with van der Waals surface area (Å²) < 4.78 is 0. The van der Waals surface area contributed by atoms with Gasteiger partial charge >= 0.3 is 0 Å². The van der Waals surface area contributed by atoms with Crippen LogP contribution >= 0.6 is 11.8 Å². The minimum absolute atomic E-state index is 0.0356. The second-order valence-corrected chi connectivity index (χ2v) is 22.4. The summed E-state index contributed by atoms with van der Waals surface area (Å²) in [7, 11) is 0. The lowest BCUT2D eigenvalue weighted by Crippen LogP contribution is -2.64. The molecule has 3 heterocycles. The monoisotopic (exact) mass is 1130 g/mol. The molecule has 2 aromatic rings. The number of amides is 7. The molecule has 438 valence electrons. The molecule has 14 N–H and O–H groups in total. The van der Waals surface area contributed by atoms with Crippen LogP contribution in [0.4, 0.5) is 0 Å². The van der Waals surface area contributed by atoms with E-state index >= 15 is 0 Å². The molecule has 0 unspecified atom stereocenters. The van der Waals surface area contributed by atoms with E-state index in [9.17, 15) is 74.4 Å². The van der Waals surface area contributed by atoms with Gasteiger partial charge in [0.1, 0.15) is 59.3 Å². The molecule has 7 amide bonds. The Kier molecular flexibility index (Phi) is 25.6. The smallest absolute Gasteiger partial charge is 0.271 e. The average Bonchev–Trinajstić information content (AvgIpc) is 4.07. The maximum atomic E-state index is 14.7. The molecule has 14 atom stereocenters. The Morgan fingerprint density at radius 2 is 1.46 bits per heavy atom. The van der Waals surface area contributed by atoms with Gasteiger partial charge < -0.3 is 77.7 Å². The van der Waals surface area contributed by atoms with Crippen molar-refractivity contribution in [3.8, 4) is 5.75 Å². The van der Waals surface area contributed by atoms with Gasteiger partial charge in [0.05, 0.1) is 31.0 Å². The van der Waals surface area contributed by atoms with Gasteiger partial charge in [-0.3, -0.25) is 33.6 Å². The van der Waals surface area contributed by atoms with E-state index in [1.807, 2.05) is 0 Å². The zero-order valence-electron chi connectivity index (χ0n) is 45.3. The second kappa shape index (κ2) is 31.4. The first-order valence-corrected chi connectivity index (χ1v) is 28.4. The van der Waals surface area contributed by atoms with Crippen LogP contribution in [0.1, 0.15) is 122 Å². The number of carbonyl (C=O) groups excluding carboxylic acids is 7. The number of phenolic OH excluding ortho intramolecular Hbond substituents is 1. The fourth-order valence-electron chi connectivity index (χ4n) is 10.2. The highest BCUT2D eigenvalue weighted by Gasteiger charge is 2.48. The fourth-order valence-corrected chi connectivity index (χ4v) is 11.3. The highest BCUT2D eigenvalue weighted by molar-refractivity contribution is 8.00. The predicted octanol–water partition coefficient (Wildman–Crippen LogP) is 0.0264. The first-order chi connectivity index (χ1) is 37.7. The molecular formula is C55H82N8O15S. The molecule has 79 heavy (non-hydrogen) atoms. The van der Waals surface area contributed by atoms with E-state index in [0.717, 1.165) is 60.1 Å². The van der Waals surface area contributed by atoms with Crippen LogP contribution in [0.15, 0.2) is 64.5 Å². The topological polar surface area (TPSA) is 374 Å². The van der Waals surface area contributed by atoms with Crippen LogP contribution < -0.4 is 27.0 Å². The number of unbranched alkanes of at least 4 members (excludes halogenated alkanes) is 5. The largest absolute Gasteiger partial charge is 0.508 e. The number of aliphatic hydroxyl groups is 7. The summed E-state index contributed by atoms with van der Waals surface area (Å²) in [5, 5.41) is 97.8. The highest BCUT2D eigenvalue weighted by Crippen LogP contribution is 2.29. The molecule has 5 rings (SSSR count). The molecule has 3 aliphatic heterocycles. The van der Waals surface area contributed by atoms with Gasteiger partial charge in [0.25, 0.3) is 11.8 Å². The summed E-state index contributed by atoms with van der Waals surface area (Å²) >= 11 is 0.920. The molecule has 0 bridgehead atoms. The SMILES string of the molecule is CC[C@H](C)C[C@H](C)CCCCCCCCC(=O)N[C@H]1C[C@@H](O)[C@@H](Sc2ccccc2)NC(=O)[C@@H]2[C@@H](O)CCN2C(=O)[C@H]([C@H](O)CCN)NC(=O)[C@H]([C@H](O)[C@@H](O)c2ccc(O)cc2)NC(=O)[C@@H]2C[C@@H](O)CN2C(=O)/C(CO)=N/C1=O. The minimum Gasteiger partial charge on any atom is -0.508 e. The van der Waals surface area contributed by atoms with Gasteiger partial charge in [-0.25, -0.2) is 4.99 Å². The molecule has 2 aromatic carbocycles.